The van der Waals surface area contributed by atoms with Gasteiger partial charge in [0.1, 0.15) is 0 Å². The summed E-state index contributed by atoms with van der Waals surface area (Å²) < 4.78 is 0. The fourth-order valence-electron chi connectivity index (χ4n) is 2.82. The molecule has 1 saturated carbocycles. The highest BCUT2D eigenvalue weighted by molar-refractivity contribution is 5.97. The average molecular weight is 263 g/mol. The minimum atomic E-state index is -0.318. The number of hydrogen-bond donors (Lipinski definition) is 2. The van der Waals surface area contributed by atoms with E-state index in [1.807, 2.05) is 11.8 Å². The zero-order valence-corrected chi connectivity index (χ0v) is 11.3. The number of phenolic OH excluding ortho intramolecular Hbond substituents is 2. The van der Waals surface area contributed by atoms with Crippen molar-refractivity contribution < 1.29 is 15.0 Å². The number of carbonyl (C=O) groups is 1. The first kappa shape index (κ1) is 13.7. The molecule has 1 aliphatic rings. The van der Waals surface area contributed by atoms with Crippen molar-refractivity contribution in [3.63, 3.8) is 0 Å². The molecular formula is C15H21NO3. The van der Waals surface area contributed by atoms with E-state index < -0.39 is 0 Å². The van der Waals surface area contributed by atoms with Gasteiger partial charge in [-0.05, 0) is 31.9 Å². The topological polar surface area (TPSA) is 60.8 Å². The molecule has 1 aromatic carbocycles. The summed E-state index contributed by atoms with van der Waals surface area (Å²) in [6.45, 7) is 2.57. The number of rotatable bonds is 3. The lowest BCUT2D eigenvalue weighted by Gasteiger charge is -2.33. The molecule has 0 aliphatic heterocycles. The van der Waals surface area contributed by atoms with Gasteiger partial charge in [0.2, 0.25) is 0 Å². The van der Waals surface area contributed by atoms with Crippen LogP contribution in [0, 0.1) is 0 Å². The summed E-state index contributed by atoms with van der Waals surface area (Å²) in [7, 11) is 0. The van der Waals surface area contributed by atoms with Crippen LogP contribution in [0.4, 0.5) is 0 Å². The van der Waals surface area contributed by atoms with E-state index in [-0.39, 0.29) is 29.0 Å². The molecule has 1 amide bonds. The Hall–Kier alpha value is -1.71. The van der Waals surface area contributed by atoms with Crippen LogP contribution in [-0.4, -0.2) is 33.6 Å². The lowest BCUT2D eigenvalue weighted by molar-refractivity contribution is 0.0644. The van der Waals surface area contributed by atoms with Crippen LogP contribution in [-0.2, 0) is 0 Å². The molecule has 0 saturated heterocycles. The van der Waals surface area contributed by atoms with Gasteiger partial charge in [0.15, 0.2) is 11.5 Å². The monoisotopic (exact) mass is 263 g/mol. The van der Waals surface area contributed by atoms with E-state index in [9.17, 15) is 15.0 Å². The standard InChI is InChI=1S/C15H21NO3/c1-2-16(11-7-4-3-5-8-11)15(19)12-9-6-10-13(17)14(12)18/h6,9-11,17-18H,2-5,7-8H2,1H3. The normalized spacial score (nSPS) is 16.3. The molecule has 0 atom stereocenters. The van der Waals surface area contributed by atoms with E-state index in [0.717, 1.165) is 25.7 Å². The van der Waals surface area contributed by atoms with E-state index in [0.29, 0.717) is 6.54 Å². The van der Waals surface area contributed by atoms with Gasteiger partial charge in [-0.15, -0.1) is 0 Å². The van der Waals surface area contributed by atoms with E-state index in [1.54, 1.807) is 12.1 Å². The summed E-state index contributed by atoms with van der Waals surface area (Å²) >= 11 is 0. The molecular weight excluding hydrogens is 242 g/mol. The van der Waals surface area contributed by atoms with E-state index >= 15 is 0 Å². The molecule has 4 heteroatoms. The predicted octanol–water partition coefficient (Wildman–Crippen LogP) is 2.89. The maximum atomic E-state index is 12.5. The SMILES string of the molecule is CCN(C(=O)c1cccc(O)c1O)C1CCCCC1. The van der Waals surface area contributed by atoms with Crippen molar-refractivity contribution in [3.8, 4) is 11.5 Å². The summed E-state index contributed by atoms with van der Waals surface area (Å²) in [6.07, 6.45) is 5.60. The van der Waals surface area contributed by atoms with E-state index in [2.05, 4.69) is 0 Å². The maximum Gasteiger partial charge on any atom is 0.257 e. The highest BCUT2D eigenvalue weighted by Crippen LogP contribution is 2.31. The molecule has 4 nitrogen and oxygen atoms in total. The maximum absolute atomic E-state index is 12.5. The minimum Gasteiger partial charge on any atom is -0.504 e. The molecule has 0 heterocycles. The summed E-state index contributed by atoms with van der Waals surface area (Å²) in [4.78, 5) is 14.3. The number of para-hydroxylation sites is 1. The Morgan fingerprint density at radius 3 is 2.58 bits per heavy atom. The first-order valence-electron chi connectivity index (χ1n) is 6.97. The third kappa shape index (κ3) is 2.83. The fraction of sp³-hybridized carbons (Fsp3) is 0.533. The summed E-state index contributed by atoms with van der Waals surface area (Å²) in [5.41, 5.74) is 0.187. The molecule has 0 spiro atoms. The highest BCUT2D eigenvalue weighted by Gasteiger charge is 2.27. The number of nitrogens with zero attached hydrogens (tertiary/aromatic N) is 1. The first-order chi connectivity index (χ1) is 9.15. The molecule has 0 radical (unpaired) electrons. The van der Waals surface area contributed by atoms with Crippen molar-refractivity contribution >= 4 is 5.91 Å². The number of benzene rings is 1. The fourth-order valence-corrected chi connectivity index (χ4v) is 2.82. The molecule has 19 heavy (non-hydrogen) atoms. The Kier molecular flexibility index (Phi) is 4.30. The summed E-state index contributed by atoms with van der Waals surface area (Å²) in [6, 6.07) is 4.77. The van der Waals surface area contributed by atoms with Gasteiger partial charge in [0, 0.05) is 12.6 Å². The third-order valence-corrected chi connectivity index (χ3v) is 3.86. The predicted molar refractivity (Wildman–Crippen MR) is 73.4 cm³/mol. The van der Waals surface area contributed by atoms with Gasteiger partial charge in [-0.1, -0.05) is 25.3 Å². The molecule has 0 aromatic heterocycles. The van der Waals surface area contributed by atoms with Crippen LogP contribution in [0.3, 0.4) is 0 Å². The Labute approximate surface area is 113 Å². The lowest BCUT2D eigenvalue weighted by atomic mass is 9.93. The number of phenols is 2. The second-order valence-electron chi connectivity index (χ2n) is 5.06. The van der Waals surface area contributed by atoms with Crippen LogP contribution >= 0.6 is 0 Å². The van der Waals surface area contributed by atoms with Gasteiger partial charge in [-0.2, -0.15) is 0 Å². The van der Waals surface area contributed by atoms with Crippen molar-refractivity contribution in [2.75, 3.05) is 6.54 Å². The summed E-state index contributed by atoms with van der Waals surface area (Å²) in [5.74, 6) is -0.755. The van der Waals surface area contributed by atoms with Crippen molar-refractivity contribution in [2.45, 2.75) is 45.1 Å². The van der Waals surface area contributed by atoms with Crippen molar-refractivity contribution in [1.82, 2.24) is 4.90 Å². The third-order valence-electron chi connectivity index (χ3n) is 3.86. The van der Waals surface area contributed by atoms with Crippen LogP contribution in [0.25, 0.3) is 0 Å². The zero-order chi connectivity index (χ0) is 13.8. The van der Waals surface area contributed by atoms with Crippen molar-refractivity contribution in [2.24, 2.45) is 0 Å². The molecule has 1 aliphatic carbocycles. The number of hydrogen-bond acceptors (Lipinski definition) is 3. The lowest BCUT2D eigenvalue weighted by Crippen LogP contribution is -2.41. The molecule has 2 rings (SSSR count). The van der Waals surface area contributed by atoms with Gasteiger partial charge in [0.05, 0.1) is 5.56 Å². The first-order valence-corrected chi connectivity index (χ1v) is 6.97. The minimum absolute atomic E-state index is 0.187. The van der Waals surface area contributed by atoms with Crippen LogP contribution in [0.15, 0.2) is 18.2 Å². The Balaban J connectivity index is 2.22. The van der Waals surface area contributed by atoms with E-state index in [1.165, 1.54) is 12.5 Å². The quantitative estimate of drug-likeness (QED) is 0.824. The largest absolute Gasteiger partial charge is 0.504 e. The van der Waals surface area contributed by atoms with Crippen LogP contribution in [0.1, 0.15) is 49.4 Å². The smallest absolute Gasteiger partial charge is 0.257 e. The van der Waals surface area contributed by atoms with Gasteiger partial charge in [-0.25, -0.2) is 0 Å². The molecule has 2 N–H and O–H groups in total. The van der Waals surface area contributed by atoms with Crippen molar-refractivity contribution in [1.29, 1.82) is 0 Å². The van der Waals surface area contributed by atoms with Gasteiger partial charge < -0.3 is 15.1 Å². The number of amides is 1. The Morgan fingerprint density at radius 2 is 1.95 bits per heavy atom. The molecule has 0 bridgehead atoms. The second-order valence-corrected chi connectivity index (χ2v) is 5.06. The zero-order valence-electron chi connectivity index (χ0n) is 11.3. The van der Waals surface area contributed by atoms with Gasteiger partial charge >= 0.3 is 0 Å². The number of aromatic hydroxyl groups is 2. The van der Waals surface area contributed by atoms with Crippen LogP contribution < -0.4 is 0 Å². The Morgan fingerprint density at radius 1 is 1.26 bits per heavy atom. The number of carbonyl (C=O) groups excluding carboxylic acids is 1. The molecule has 1 fully saturated rings. The van der Waals surface area contributed by atoms with Crippen molar-refractivity contribution in [3.05, 3.63) is 23.8 Å². The molecule has 1 aromatic rings. The van der Waals surface area contributed by atoms with Crippen LogP contribution in [0.5, 0.6) is 11.5 Å². The van der Waals surface area contributed by atoms with Gasteiger partial charge in [-0.3, -0.25) is 4.79 Å². The Bertz CT molecular complexity index is 453. The molecule has 0 unspecified atom stereocenters. The van der Waals surface area contributed by atoms with Crippen LogP contribution in [0.2, 0.25) is 0 Å². The van der Waals surface area contributed by atoms with E-state index in [4.69, 9.17) is 0 Å². The second kappa shape index (κ2) is 5.95. The molecule has 104 valence electrons. The summed E-state index contributed by atoms with van der Waals surface area (Å²) in [5, 5.41) is 19.3. The average Bonchev–Trinajstić information content (AvgIpc) is 2.44. The van der Waals surface area contributed by atoms with Gasteiger partial charge in [0.25, 0.3) is 5.91 Å². The highest BCUT2D eigenvalue weighted by atomic mass is 16.3.